The van der Waals surface area contributed by atoms with E-state index in [9.17, 15) is 4.79 Å². The third-order valence-electron chi connectivity index (χ3n) is 3.84. The number of nitrogens with zero attached hydrogens (tertiary/aromatic N) is 2. The Labute approximate surface area is 144 Å². The normalized spacial score (nSPS) is 15.1. The molecule has 0 bridgehead atoms. The molecule has 0 saturated heterocycles. The first-order chi connectivity index (χ1) is 11.0. The molecule has 1 aliphatic rings. The van der Waals surface area contributed by atoms with Gasteiger partial charge in [-0.15, -0.1) is 0 Å². The fourth-order valence-corrected chi connectivity index (χ4v) is 2.46. The molecular weight excluding hydrogens is 337 g/mol. The van der Waals surface area contributed by atoms with Gasteiger partial charge < -0.3 is 10.1 Å². The number of rotatable bonds is 5. The summed E-state index contributed by atoms with van der Waals surface area (Å²) in [5, 5.41) is 3.82. The first-order valence-corrected chi connectivity index (χ1v) is 7.93. The maximum atomic E-state index is 11.9. The number of hydrogen-bond donors (Lipinski definition) is 1. The number of carbonyl (C=O) groups excluding carboxylic acids is 1. The van der Waals surface area contributed by atoms with Crippen molar-refractivity contribution in [3.8, 4) is 5.88 Å². The third-order valence-corrected chi connectivity index (χ3v) is 4.55. The highest BCUT2D eigenvalue weighted by atomic mass is 35.5. The lowest BCUT2D eigenvalue weighted by Gasteiger charge is -2.10. The van der Waals surface area contributed by atoms with Crippen LogP contribution in [0.25, 0.3) is 0 Å². The third kappa shape index (κ3) is 3.74. The van der Waals surface area contributed by atoms with Crippen molar-refractivity contribution in [2.75, 3.05) is 5.32 Å². The van der Waals surface area contributed by atoms with Gasteiger partial charge in [0.05, 0.1) is 12.4 Å². The Bertz CT molecular complexity index is 710. The number of nitrogens with one attached hydrogen (secondary N) is 1. The highest BCUT2D eigenvalue weighted by Gasteiger charge is 2.44. The largest absolute Gasteiger partial charge is 0.472 e. The van der Waals surface area contributed by atoms with Crippen LogP contribution in [-0.2, 0) is 11.4 Å². The molecule has 1 fully saturated rings. The molecule has 0 atom stereocenters. The van der Waals surface area contributed by atoms with Crippen LogP contribution < -0.4 is 10.1 Å². The van der Waals surface area contributed by atoms with Gasteiger partial charge in [-0.25, -0.2) is 9.97 Å². The molecule has 0 spiro atoms. The molecule has 3 rings (SSSR count). The van der Waals surface area contributed by atoms with Crippen LogP contribution in [0.15, 0.2) is 30.6 Å². The fraction of sp³-hybridized carbons (Fsp3) is 0.312. The van der Waals surface area contributed by atoms with Crippen molar-refractivity contribution in [3.63, 3.8) is 0 Å². The molecule has 120 valence electrons. The summed E-state index contributed by atoms with van der Waals surface area (Å²) in [5.41, 5.74) is 0.439. The van der Waals surface area contributed by atoms with E-state index in [4.69, 9.17) is 27.9 Å². The standard InChI is InChI=1S/C16H15Cl2N3O2/c1-16(5-6-16)15(22)21-13-7-20-14(8-19-13)23-9-10-11(17)3-2-4-12(10)18/h2-4,7-8H,5-6,9H2,1H3,(H,19,21,22). The molecule has 23 heavy (non-hydrogen) atoms. The number of amides is 1. The van der Waals surface area contributed by atoms with Gasteiger partial charge in [-0.2, -0.15) is 0 Å². The summed E-state index contributed by atoms with van der Waals surface area (Å²) in [4.78, 5) is 20.2. The summed E-state index contributed by atoms with van der Waals surface area (Å²) in [6.07, 6.45) is 4.74. The Morgan fingerprint density at radius 3 is 2.52 bits per heavy atom. The number of halogens is 2. The zero-order valence-corrected chi connectivity index (χ0v) is 14.0. The molecule has 0 aliphatic heterocycles. The highest BCUT2D eigenvalue weighted by molar-refractivity contribution is 6.35. The van der Waals surface area contributed by atoms with Crippen molar-refractivity contribution in [1.29, 1.82) is 0 Å². The van der Waals surface area contributed by atoms with Gasteiger partial charge >= 0.3 is 0 Å². The smallest absolute Gasteiger partial charge is 0.232 e. The van der Waals surface area contributed by atoms with Crippen LogP contribution in [0, 0.1) is 5.41 Å². The summed E-state index contributed by atoms with van der Waals surface area (Å²) in [7, 11) is 0. The first kappa shape index (κ1) is 16.0. The topological polar surface area (TPSA) is 64.1 Å². The number of aromatic nitrogens is 2. The van der Waals surface area contributed by atoms with Crippen molar-refractivity contribution in [2.24, 2.45) is 5.41 Å². The van der Waals surface area contributed by atoms with Crippen molar-refractivity contribution < 1.29 is 9.53 Å². The number of carbonyl (C=O) groups is 1. The summed E-state index contributed by atoms with van der Waals surface area (Å²) in [6.45, 7) is 2.12. The predicted molar refractivity (Wildman–Crippen MR) is 88.8 cm³/mol. The number of benzene rings is 1. The lowest BCUT2D eigenvalue weighted by atomic mass is 10.1. The minimum Gasteiger partial charge on any atom is -0.472 e. The van der Waals surface area contributed by atoms with Gasteiger partial charge in [0.2, 0.25) is 11.8 Å². The van der Waals surface area contributed by atoms with Crippen LogP contribution in [-0.4, -0.2) is 15.9 Å². The second-order valence-electron chi connectivity index (χ2n) is 5.74. The van der Waals surface area contributed by atoms with Crippen LogP contribution >= 0.6 is 23.2 Å². The molecular formula is C16H15Cl2N3O2. The van der Waals surface area contributed by atoms with Gasteiger partial charge in [0.1, 0.15) is 6.61 Å². The minimum absolute atomic E-state index is 0.0247. The van der Waals surface area contributed by atoms with E-state index in [0.717, 1.165) is 12.8 Å². The molecule has 1 N–H and O–H groups in total. The molecule has 1 aromatic carbocycles. The van der Waals surface area contributed by atoms with Crippen molar-refractivity contribution in [3.05, 3.63) is 46.2 Å². The van der Waals surface area contributed by atoms with E-state index in [-0.39, 0.29) is 17.9 Å². The van der Waals surface area contributed by atoms with Crippen LogP contribution in [0.4, 0.5) is 5.82 Å². The number of hydrogen-bond acceptors (Lipinski definition) is 4. The van der Waals surface area contributed by atoms with E-state index in [0.29, 0.717) is 27.3 Å². The van der Waals surface area contributed by atoms with Gasteiger partial charge in [0.25, 0.3) is 0 Å². The van der Waals surface area contributed by atoms with E-state index in [1.54, 1.807) is 18.2 Å². The Hall–Kier alpha value is -1.85. The molecule has 1 aromatic heterocycles. The minimum atomic E-state index is -0.252. The summed E-state index contributed by atoms with van der Waals surface area (Å²) < 4.78 is 5.54. The molecule has 7 heteroatoms. The van der Waals surface area contributed by atoms with Gasteiger partial charge in [-0.1, -0.05) is 36.2 Å². The van der Waals surface area contributed by atoms with E-state index in [1.165, 1.54) is 12.4 Å². The van der Waals surface area contributed by atoms with Crippen LogP contribution in [0.1, 0.15) is 25.3 Å². The zero-order chi connectivity index (χ0) is 16.4. The number of ether oxygens (including phenoxy) is 1. The first-order valence-electron chi connectivity index (χ1n) is 7.17. The second-order valence-corrected chi connectivity index (χ2v) is 6.56. The van der Waals surface area contributed by atoms with Crippen molar-refractivity contribution in [1.82, 2.24) is 9.97 Å². The van der Waals surface area contributed by atoms with Crippen LogP contribution in [0.2, 0.25) is 10.0 Å². The summed E-state index contributed by atoms with van der Waals surface area (Å²) in [5.74, 6) is 0.714. The number of anilines is 1. The maximum absolute atomic E-state index is 11.9. The molecule has 1 aliphatic carbocycles. The Kier molecular flexibility index (Phi) is 4.41. The maximum Gasteiger partial charge on any atom is 0.232 e. The molecule has 5 nitrogen and oxygen atoms in total. The molecule has 1 saturated carbocycles. The van der Waals surface area contributed by atoms with Gasteiger partial charge in [-0.05, 0) is 25.0 Å². The van der Waals surface area contributed by atoms with E-state index in [2.05, 4.69) is 15.3 Å². The molecule has 1 amide bonds. The van der Waals surface area contributed by atoms with Crippen LogP contribution in [0.3, 0.4) is 0 Å². The Balaban J connectivity index is 1.60. The van der Waals surface area contributed by atoms with Crippen LogP contribution in [0.5, 0.6) is 5.88 Å². The van der Waals surface area contributed by atoms with Crippen molar-refractivity contribution >= 4 is 34.9 Å². The van der Waals surface area contributed by atoms with Gasteiger partial charge in [0.15, 0.2) is 5.82 Å². The van der Waals surface area contributed by atoms with Gasteiger partial charge in [0, 0.05) is 21.0 Å². The average Bonchev–Trinajstić information content (AvgIpc) is 3.27. The predicted octanol–water partition coefficient (Wildman–Crippen LogP) is 4.10. The monoisotopic (exact) mass is 351 g/mol. The summed E-state index contributed by atoms with van der Waals surface area (Å²) in [6, 6.07) is 5.26. The molecule has 0 unspecified atom stereocenters. The fourth-order valence-electron chi connectivity index (χ4n) is 1.95. The summed E-state index contributed by atoms with van der Waals surface area (Å²) >= 11 is 12.2. The van der Waals surface area contributed by atoms with Crippen molar-refractivity contribution in [2.45, 2.75) is 26.4 Å². The Morgan fingerprint density at radius 1 is 1.26 bits per heavy atom. The van der Waals surface area contributed by atoms with E-state index in [1.807, 2.05) is 6.92 Å². The molecule has 1 heterocycles. The second kappa shape index (κ2) is 6.34. The SMILES string of the molecule is CC1(C(=O)Nc2cnc(OCc3c(Cl)cccc3Cl)cn2)CC1. The lowest BCUT2D eigenvalue weighted by Crippen LogP contribution is -2.22. The van der Waals surface area contributed by atoms with Gasteiger partial charge in [-0.3, -0.25) is 4.79 Å². The lowest BCUT2D eigenvalue weighted by molar-refractivity contribution is -0.120. The molecule has 2 aromatic rings. The van der Waals surface area contributed by atoms with E-state index < -0.39 is 0 Å². The molecule has 0 radical (unpaired) electrons. The van der Waals surface area contributed by atoms with E-state index >= 15 is 0 Å². The Morgan fingerprint density at radius 2 is 1.96 bits per heavy atom. The average molecular weight is 352 g/mol. The quantitative estimate of drug-likeness (QED) is 0.880. The zero-order valence-electron chi connectivity index (χ0n) is 12.5. The highest BCUT2D eigenvalue weighted by Crippen LogP contribution is 2.45.